The number of amides is 1. The number of carbonyl (C=O) groups is 1. The number of halogens is 2. The molecule has 1 aliphatic rings. The molecule has 130 valence electrons. The summed E-state index contributed by atoms with van der Waals surface area (Å²) >= 11 is 5.96. The molecule has 0 saturated carbocycles. The average Bonchev–Trinajstić information content (AvgIpc) is 2.84. The normalized spacial score (nSPS) is 15.0. The summed E-state index contributed by atoms with van der Waals surface area (Å²) in [4.78, 5) is 12.6. The predicted octanol–water partition coefficient (Wildman–Crippen LogP) is 3.65. The zero-order valence-electron chi connectivity index (χ0n) is 13.9. The average molecular weight is 368 g/mol. The smallest absolute Gasteiger partial charge is 0.253 e. The molecule has 0 unspecified atom stereocenters. The van der Waals surface area contributed by atoms with Crippen LogP contribution in [0.5, 0.6) is 0 Å². The van der Waals surface area contributed by atoms with Crippen molar-refractivity contribution in [2.75, 3.05) is 13.1 Å². The van der Waals surface area contributed by atoms with Crippen molar-refractivity contribution < 1.29 is 4.79 Å². The zero-order chi connectivity index (χ0) is 16.4. The molecule has 0 aliphatic carbocycles. The van der Waals surface area contributed by atoms with Crippen LogP contribution in [0.1, 0.15) is 34.6 Å². The second kappa shape index (κ2) is 8.06. The highest BCUT2D eigenvalue weighted by Crippen LogP contribution is 2.22. The van der Waals surface area contributed by atoms with Crippen molar-refractivity contribution in [3.05, 3.63) is 52.3 Å². The maximum atomic E-state index is 12.6. The van der Waals surface area contributed by atoms with E-state index in [4.69, 9.17) is 11.6 Å². The summed E-state index contributed by atoms with van der Waals surface area (Å²) in [6, 6.07) is 9.89. The van der Waals surface area contributed by atoms with Crippen molar-refractivity contribution in [1.29, 1.82) is 0 Å². The van der Waals surface area contributed by atoms with Gasteiger partial charge in [0.25, 0.3) is 5.91 Å². The molecule has 24 heavy (non-hydrogen) atoms. The van der Waals surface area contributed by atoms with Crippen LogP contribution in [0.4, 0.5) is 0 Å². The third-order valence-electron chi connectivity index (χ3n) is 4.43. The van der Waals surface area contributed by atoms with Crippen molar-refractivity contribution in [2.45, 2.75) is 32.7 Å². The molecule has 3 rings (SSSR count). The largest absolute Gasteiger partial charge is 0.349 e. The van der Waals surface area contributed by atoms with Crippen molar-refractivity contribution in [3.63, 3.8) is 0 Å². The molecule has 1 aromatic carbocycles. The Balaban J connectivity index is 0.00000208. The molecule has 2 heterocycles. The van der Waals surface area contributed by atoms with Crippen LogP contribution < -0.4 is 10.6 Å². The number of nitrogens with one attached hydrogen (secondary N) is 2. The van der Waals surface area contributed by atoms with E-state index in [1.807, 2.05) is 44.2 Å². The van der Waals surface area contributed by atoms with Gasteiger partial charge in [-0.25, -0.2) is 0 Å². The summed E-state index contributed by atoms with van der Waals surface area (Å²) < 4.78 is 2.09. The number of carbonyl (C=O) groups excluding carboxylic acids is 1. The monoisotopic (exact) mass is 367 g/mol. The van der Waals surface area contributed by atoms with Gasteiger partial charge in [-0.2, -0.15) is 0 Å². The maximum Gasteiger partial charge on any atom is 0.253 e. The first kappa shape index (κ1) is 18.8. The summed E-state index contributed by atoms with van der Waals surface area (Å²) in [5.74, 6) is 0.0187. The lowest BCUT2D eigenvalue weighted by Gasteiger charge is -2.23. The van der Waals surface area contributed by atoms with Gasteiger partial charge in [-0.1, -0.05) is 11.6 Å². The molecule has 1 saturated heterocycles. The molecular weight excluding hydrogens is 345 g/mol. The highest BCUT2D eigenvalue weighted by atomic mass is 35.5. The molecule has 0 bridgehead atoms. The lowest BCUT2D eigenvalue weighted by Crippen LogP contribution is -2.42. The van der Waals surface area contributed by atoms with E-state index in [0.29, 0.717) is 5.02 Å². The van der Waals surface area contributed by atoms with Crippen LogP contribution in [0, 0.1) is 13.8 Å². The van der Waals surface area contributed by atoms with Gasteiger partial charge < -0.3 is 15.2 Å². The SMILES string of the molecule is Cc1cc(C(=O)NC2CCNCC2)c(C)n1-c1ccc(Cl)cc1.Cl. The van der Waals surface area contributed by atoms with Gasteiger partial charge in [0.05, 0.1) is 5.56 Å². The van der Waals surface area contributed by atoms with Crippen LogP contribution in [0.25, 0.3) is 5.69 Å². The first-order valence-corrected chi connectivity index (χ1v) is 8.40. The topological polar surface area (TPSA) is 46.1 Å². The molecule has 1 amide bonds. The third kappa shape index (κ3) is 3.94. The third-order valence-corrected chi connectivity index (χ3v) is 4.69. The number of benzene rings is 1. The Hall–Kier alpha value is -1.49. The van der Waals surface area contributed by atoms with Gasteiger partial charge in [-0.05, 0) is 70.1 Å². The Labute approximate surface area is 154 Å². The highest BCUT2D eigenvalue weighted by Gasteiger charge is 2.20. The van der Waals surface area contributed by atoms with Crippen molar-refractivity contribution in [3.8, 4) is 5.69 Å². The first-order chi connectivity index (χ1) is 11.1. The van der Waals surface area contributed by atoms with Crippen LogP contribution in [0.15, 0.2) is 30.3 Å². The van der Waals surface area contributed by atoms with E-state index >= 15 is 0 Å². The minimum atomic E-state index is 0. The quantitative estimate of drug-likeness (QED) is 0.869. The van der Waals surface area contributed by atoms with Gasteiger partial charge in [0, 0.05) is 28.1 Å². The second-order valence-corrected chi connectivity index (χ2v) is 6.53. The number of piperidine rings is 1. The summed E-state index contributed by atoms with van der Waals surface area (Å²) in [5.41, 5.74) is 3.76. The van der Waals surface area contributed by atoms with Gasteiger partial charge in [-0.3, -0.25) is 4.79 Å². The molecule has 0 radical (unpaired) electrons. The molecular formula is C18H23Cl2N3O. The minimum absolute atomic E-state index is 0. The lowest BCUT2D eigenvalue weighted by atomic mass is 10.1. The van der Waals surface area contributed by atoms with Gasteiger partial charge in [0.1, 0.15) is 0 Å². The fourth-order valence-corrected chi connectivity index (χ4v) is 3.34. The van der Waals surface area contributed by atoms with Gasteiger partial charge in [0.15, 0.2) is 0 Å². The fourth-order valence-electron chi connectivity index (χ4n) is 3.21. The summed E-state index contributed by atoms with van der Waals surface area (Å²) in [6.45, 7) is 5.94. The van der Waals surface area contributed by atoms with E-state index < -0.39 is 0 Å². The number of nitrogens with zero attached hydrogens (tertiary/aromatic N) is 1. The van der Waals surface area contributed by atoms with Gasteiger partial charge in [0.2, 0.25) is 0 Å². The van der Waals surface area contributed by atoms with Crippen LogP contribution in [0.3, 0.4) is 0 Å². The van der Waals surface area contributed by atoms with E-state index in [9.17, 15) is 4.79 Å². The van der Waals surface area contributed by atoms with Crippen LogP contribution >= 0.6 is 24.0 Å². The first-order valence-electron chi connectivity index (χ1n) is 8.02. The standard InChI is InChI=1S/C18H22ClN3O.ClH/c1-12-11-17(18(23)21-15-7-9-20-10-8-15)13(2)22(12)16-5-3-14(19)4-6-16;/h3-6,11,15,20H,7-10H2,1-2H3,(H,21,23);1H. The number of aryl methyl sites for hydroxylation is 1. The molecule has 0 spiro atoms. The Bertz CT molecular complexity index is 704. The molecule has 2 N–H and O–H groups in total. The van der Waals surface area contributed by atoms with Crippen LogP contribution in [0.2, 0.25) is 5.02 Å². The number of hydrogen-bond acceptors (Lipinski definition) is 2. The van der Waals surface area contributed by atoms with Crippen molar-refractivity contribution in [1.82, 2.24) is 15.2 Å². The van der Waals surface area contributed by atoms with E-state index in [1.54, 1.807) is 0 Å². The Morgan fingerprint density at radius 1 is 1.21 bits per heavy atom. The van der Waals surface area contributed by atoms with Crippen LogP contribution in [-0.2, 0) is 0 Å². The Morgan fingerprint density at radius 2 is 1.83 bits per heavy atom. The molecule has 1 fully saturated rings. The minimum Gasteiger partial charge on any atom is -0.349 e. The van der Waals surface area contributed by atoms with Crippen LogP contribution in [-0.4, -0.2) is 29.6 Å². The van der Waals surface area contributed by atoms with E-state index in [2.05, 4.69) is 15.2 Å². The molecule has 6 heteroatoms. The predicted molar refractivity (Wildman–Crippen MR) is 101 cm³/mol. The number of hydrogen-bond donors (Lipinski definition) is 2. The van der Waals surface area contributed by atoms with E-state index in [-0.39, 0.29) is 24.4 Å². The fraction of sp³-hybridized carbons (Fsp3) is 0.389. The number of rotatable bonds is 3. The summed E-state index contributed by atoms with van der Waals surface area (Å²) in [6.07, 6.45) is 1.98. The van der Waals surface area contributed by atoms with E-state index in [1.165, 1.54) is 0 Å². The van der Waals surface area contributed by atoms with Gasteiger partial charge >= 0.3 is 0 Å². The molecule has 2 aromatic rings. The maximum absolute atomic E-state index is 12.6. The van der Waals surface area contributed by atoms with Gasteiger partial charge in [-0.15, -0.1) is 12.4 Å². The molecule has 0 atom stereocenters. The van der Waals surface area contributed by atoms with Crippen molar-refractivity contribution >= 4 is 29.9 Å². The Kier molecular flexibility index (Phi) is 6.33. The highest BCUT2D eigenvalue weighted by molar-refractivity contribution is 6.30. The number of aromatic nitrogens is 1. The second-order valence-electron chi connectivity index (χ2n) is 6.09. The molecule has 4 nitrogen and oxygen atoms in total. The molecule has 1 aromatic heterocycles. The lowest BCUT2D eigenvalue weighted by molar-refractivity contribution is 0.0929. The molecule has 1 aliphatic heterocycles. The summed E-state index contributed by atoms with van der Waals surface area (Å²) in [5, 5.41) is 7.18. The summed E-state index contributed by atoms with van der Waals surface area (Å²) in [7, 11) is 0. The Morgan fingerprint density at radius 3 is 2.46 bits per heavy atom. The zero-order valence-corrected chi connectivity index (χ0v) is 15.5. The van der Waals surface area contributed by atoms with E-state index in [0.717, 1.165) is 48.6 Å². The van der Waals surface area contributed by atoms with Crippen molar-refractivity contribution in [2.24, 2.45) is 0 Å².